The van der Waals surface area contributed by atoms with Crippen LogP contribution < -0.4 is 0 Å². The molecule has 3 aromatic rings. The maximum absolute atomic E-state index is 5.84. The Morgan fingerprint density at radius 3 is 2.57 bits per heavy atom. The topological polar surface area (TPSA) is 44.9 Å². The maximum Gasteiger partial charge on any atom is 0.139 e. The van der Waals surface area contributed by atoms with Crippen LogP contribution in [0.2, 0.25) is 25.7 Å². The summed E-state index contributed by atoms with van der Waals surface area (Å²) in [5, 5.41) is 5.72. The molecule has 0 aliphatic heterocycles. The number of halogens is 1. The Morgan fingerprint density at radius 1 is 1.14 bits per heavy atom. The summed E-state index contributed by atoms with van der Waals surface area (Å²) in [4.78, 5) is 4.46. The van der Waals surface area contributed by atoms with Crippen LogP contribution >= 0.6 is 15.9 Å². The van der Waals surface area contributed by atoms with Crippen molar-refractivity contribution < 1.29 is 4.74 Å². The van der Waals surface area contributed by atoms with Crippen molar-refractivity contribution in [3.63, 3.8) is 0 Å². The Balaban J connectivity index is 1.85. The number of fused-ring (bicyclic) bond motifs is 1. The van der Waals surface area contributed by atoms with Gasteiger partial charge in [0.15, 0.2) is 0 Å². The maximum atomic E-state index is 5.84. The summed E-state index contributed by atoms with van der Waals surface area (Å²) in [5.41, 5.74) is 3.48. The van der Waals surface area contributed by atoms with Gasteiger partial charge in [0.05, 0.1) is 17.9 Å². The molecule has 0 unspecified atom stereocenters. The monoisotopic (exact) mass is 462 g/mol. The van der Waals surface area contributed by atoms with Gasteiger partial charge in [0, 0.05) is 49.6 Å². The summed E-state index contributed by atoms with van der Waals surface area (Å²) in [6.45, 7) is 12.9. The van der Waals surface area contributed by atoms with Gasteiger partial charge in [0.1, 0.15) is 11.3 Å². The Bertz CT molecular complexity index is 924. The molecule has 152 valence electrons. The fraction of sp³-hybridized carbons (Fsp3) is 0.524. The van der Waals surface area contributed by atoms with E-state index in [4.69, 9.17) is 4.74 Å². The second-order valence-corrected chi connectivity index (χ2v) is 15.0. The second kappa shape index (κ2) is 8.92. The van der Waals surface area contributed by atoms with Gasteiger partial charge in [-0.05, 0) is 40.9 Å². The van der Waals surface area contributed by atoms with Gasteiger partial charge in [-0.3, -0.25) is 0 Å². The van der Waals surface area contributed by atoms with E-state index in [2.05, 4.69) is 82.5 Å². The molecular weight excluding hydrogens is 432 g/mol. The number of aromatic nitrogens is 4. The van der Waals surface area contributed by atoms with E-state index in [9.17, 15) is 0 Å². The van der Waals surface area contributed by atoms with E-state index in [0.29, 0.717) is 12.8 Å². The van der Waals surface area contributed by atoms with E-state index in [1.165, 1.54) is 22.5 Å². The lowest BCUT2D eigenvalue weighted by Crippen LogP contribution is -2.22. The van der Waals surface area contributed by atoms with Gasteiger partial charge in [-0.1, -0.05) is 33.5 Å². The standard InChI is InChI=1S/C21H31BrN4OSi/c1-6-17(7-2)26-14-19(18-10-21(22)23-12-20(18)26)16-11-24-25(13-16)15-27-8-9-28(3,4)5/h10-14,17H,6-9,15H2,1-5H3. The molecule has 3 rings (SSSR count). The van der Waals surface area contributed by atoms with Crippen molar-refractivity contribution in [1.29, 1.82) is 0 Å². The molecule has 0 bridgehead atoms. The highest BCUT2D eigenvalue weighted by molar-refractivity contribution is 9.10. The van der Waals surface area contributed by atoms with E-state index < -0.39 is 8.07 Å². The van der Waals surface area contributed by atoms with Gasteiger partial charge < -0.3 is 9.30 Å². The molecule has 5 nitrogen and oxygen atoms in total. The van der Waals surface area contributed by atoms with Crippen LogP contribution in [0.15, 0.2) is 35.5 Å². The summed E-state index contributed by atoms with van der Waals surface area (Å²) in [6, 6.07) is 3.75. The van der Waals surface area contributed by atoms with Gasteiger partial charge in [0.2, 0.25) is 0 Å². The molecule has 0 aromatic carbocycles. The predicted molar refractivity (Wildman–Crippen MR) is 122 cm³/mol. The van der Waals surface area contributed by atoms with E-state index in [1.807, 2.05) is 17.1 Å². The molecule has 0 amide bonds. The van der Waals surface area contributed by atoms with Crippen LogP contribution in [-0.4, -0.2) is 34.0 Å². The third-order valence-corrected chi connectivity index (χ3v) is 7.32. The van der Waals surface area contributed by atoms with Crippen LogP contribution in [0.25, 0.3) is 22.0 Å². The van der Waals surface area contributed by atoms with Crippen LogP contribution in [0.1, 0.15) is 32.7 Å². The van der Waals surface area contributed by atoms with Gasteiger partial charge >= 0.3 is 0 Å². The first kappa shape index (κ1) is 21.3. The normalized spacial score (nSPS) is 12.4. The van der Waals surface area contributed by atoms with Crippen LogP contribution in [0.4, 0.5) is 0 Å². The van der Waals surface area contributed by atoms with E-state index in [0.717, 1.165) is 29.6 Å². The highest BCUT2D eigenvalue weighted by Crippen LogP contribution is 2.34. The zero-order valence-corrected chi connectivity index (χ0v) is 20.2. The van der Waals surface area contributed by atoms with E-state index >= 15 is 0 Å². The van der Waals surface area contributed by atoms with Crippen molar-refractivity contribution in [2.45, 2.75) is 65.1 Å². The predicted octanol–water partition coefficient (Wildman–Crippen LogP) is 6.34. The quantitative estimate of drug-likeness (QED) is 0.211. The highest BCUT2D eigenvalue weighted by atomic mass is 79.9. The number of rotatable bonds is 9. The van der Waals surface area contributed by atoms with Crippen LogP contribution in [0.5, 0.6) is 0 Å². The highest BCUT2D eigenvalue weighted by Gasteiger charge is 2.17. The number of ether oxygens (including phenoxy) is 1. The van der Waals surface area contributed by atoms with Gasteiger partial charge in [-0.25, -0.2) is 9.67 Å². The minimum Gasteiger partial charge on any atom is -0.360 e. The average Bonchev–Trinajstić information content (AvgIpc) is 3.24. The van der Waals surface area contributed by atoms with Crippen molar-refractivity contribution in [1.82, 2.24) is 19.3 Å². The van der Waals surface area contributed by atoms with Crippen molar-refractivity contribution in [2.24, 2.45) is 0 Å². The smallest absolute Gasteiger partial charge is 0.139 e. The first-order valence-corrected chi connectivity index (χ1v) is 14.6. The molecule has 0 N–H and O–H groups in total. The van der Waals surface area contributed by atoms with Crippen LogP contribution in [-0.2, 0) is 11.5 Å². The lowest BCUT2D eigenvalue weighted by Gasteiger charge is -2.16. The minimum atomic E-state index is -1.06. The fourth-order valence-electron chi connectivity index (χ4n) is 3.45. The summed E-state index contributed by atoms with van der Waals surface area (Å²) in [7, 11) is -1.06. The number of hydrogen-bond donors (Lipinski definition) is 0. The Morgan fingerprint density at radius 2 is 1.89 bits per heavy atom. The number of nitrogens with zero attached hydrogens (tertiary/aromatic N) is 4. The zero-order valence-electron chi connectivity index (χ0n) is 17.6. The zero-order chi connectivity index (χ0) is 20.3. The van der Waals surface area contributed by atoms with Crippen molar-refractivity contribution >= 4 is 34.9 Å². The van der Waals surface area contributed by atoms with Crippen molar-refractivity contribution in [3.8, 4) is 11.1 Å². The van der Waals surface area contributed by atoms with E-state index in [-0.39, 0.29) is 0 Å². The summed E-state index contributed by atoms with van der Waals surface area (Å²) in [6.07, 6.45) is 10.4. The molecule has 3 aromatic heterocycles. The molecule has 0 aliphatic rings. The molecule has 0 spiro atoms. The largest absolute Gasteiger partial charge is 0.360 e. The minimum absolute atomic E-state index is 0.471. The van der Waals surface area contributed by atoms with Crippen molar-refractivity contribution in [2.75, 3.05) is 6.61 Å². The summed E-state index contributed by atoms with van der Waals surface area (Å²) in [5.74, 6) is 0. The van der Waals surface area contributed by atoms with Crippen molar-refractivity contribution in [3.05, 3.63) is 35.5 Å². The summed E-state index contributed by atoms with van der Waals surface area (Å²) < 4.78 is 10.9. The number of hydrogen-bond acceptors (Lipinski definition) is 3. The molecule has 0 atom stereocenters. The second-order valence-electron chi connectivity index (χ2n) is 8.56. The van der Waals surface area contributed by atoms with Gasteiger partial charge in [-0.15, -0.1) is 0 Å². The Kier molecular flexibility index (Phi) is 6.78. The molecule has 0 radical (unpaired) electrons. The molecule has 3 heterocycles. The lowest BCUT2D eigenvalue weighted by molar-refractivity contribution is 0.0786. The first-order valence-electron chi connectivity index (χ1n) is 10.1. The lowest BCUT2D eigenvalue weighted by atomic mass is 10.1. The third-order valence-electron chi connectivity index (χ3n) is 5.19. The third kappa shape index (κ3) is 4.93. The summed E-state index contributed by atoms with van der Waals surface area (Å²) >= 11 is 3.52. The van der Waals surface area contributed by atoms with Gasteiger partial charge in [0.25, 0.3) is 0 Å². The molecule has 7 heteroatoms. The molecule has 0 aliphatic carbocycles. The average molecular weight is 463 g/mol. The molecular formula is C21H31BrN4OSi. The first-order chi connectivity index (χ1) is 13.3. The SMILES string of the molecule is CCC(CC)n1cc(-c2cnn(COCC[Si](C)(C)C)c2)c2cc(Br)ncc21. The number of pyridine rings is 1. The Hall–Kier alpha value is -1.44. The fourth-order valence-corrected chi connectivity index (χ4v) is 4.53. The van der Waals surface area contributed by atoms with Crippen LogP contribution in [0.3, 0.4) is 0 Å². The van der Waals surface area contributed by atoms with E-state index in [1.54, 1.807) is 0 Å². The molecule has 0 saturated carbocycles. The van der Waals surface area contributed by atoms with Crippen LogP contribution in [0, 0.1) is 0 Å². The molecule has 28 heavy (non-hydrogen) atoms. The van der Waals surface area contributed by atoms with Gasteiger partial charge in [-0.2, -0.15) is 5.10 Å². The molecule has 0 saturated heterocycles. The molecule has 0 fully saturated rings. The Labute approximate surface area is 177 Å².